The van der Waals surface area contributed by atoms with Gasteiger partial charge in [0.05, 0.1) is 12.2 Å². The number of aryl methyl sites for hydroxylation is 1. The maximum Gasteiger partial charge on any atom is 0.298 e. The van der Waals surface area contributed by atoms with Crippen molar-refractivity contribution in [3.63, 3.8) is 0 Å². The molecule has 21 heavy (non-hydrogen) atoms. The Kier molecular flexibility index (Phi) is 2.68. The van der Waals surface area contributed by atoms with Crippen LogP contribution in [-0.4, -0.2) is 39.1 Å². The average molecular weight is 284 g/mol. The summed E-state index contributed by atoms with van der Waals surface area (Å²) in [5.41, 5.74) is 9.06. The van der Waals surface area contributed by atoms with E-state index in [0.717, 1.165) is 17.6 Å². The van der Waals surface area contributed by atoms with Crippen LogP contribution in [0, 0.1) is 6.92 Å². The van der Waals surface area contributed by atoms with Gasteiger partial charge in [-0.05, 0) is 24.6 Å². The first-order valence-electron chi connectivity index (χ1n) is 6.94. The molecule has 0 amide bonds. The summed E-state index contributed by atoms with van der Waals surface area (Å²) in [6.07, 6.45) is 3.50. The Morgan fingerprint density at radius 2 is 2.24 bits per heavy atom. The van der Waals surface area contributed by atoms with Gasteiger partial charge in [-0.3, -0.25) is 0 Å². The molecule has 0 unspecified atom stereocenters. The standard InChI is InChI=1S/C14H16N6O/c1-9-2-3-13-11(6-9)17-14(21-13)19-7-10(15)12(8-19)20-5-4-16-18-20/h2-6,10,12H,7-8,15H2,1H3/t10-,12+/m1/s1. The first kappa shape index (κ1) is 12.3. The molecule has 108 valence electrons. The summed E-state index contributed by atoms with van der Waals surface area (Å²) in [5, 5.41) is 7.88. The van der Waals surface area contributed by atoms with Crippen molar-refractivity contribution < 1.29 is 4.42 Å². The van der Waals surface area contributed by atoms with E-state index in [1.807, 2.05) is 31.3 Å². The highest BCUT2D eigenvalue weighted by molar-refractivity contribution is 5.75. The van der Waals surface area contributed by atoms with Crippen LogP contribution in [0.3, 0.4) is 0 Å². The zero-order valence-electron chi connectivity index (χ0n) is 11.7. The molecule has 1 aliphatic heterocycles. The number of rotatable bonds is 2. The minimum absolute atomic E-state index is 0.0246. The van der Waals surface area contributed by atoms with Gasteiger partial charge in [-0.25, -0.2) is 4.68 Å². The molecular weight excluding hydrogens is 268 g/mol. The van der Waals surface area contributed by atoms with Gasteiger partial charge in [-0.2, -0.15) is 4.98 Å². The van der Waals surface area contributed by atoms with E-state index in [-0.39, 0.29) is 12.1 Å². The van der Waals surface area contributed by atoms with Crippen LogP contribution >= 0.6 is 0 Å². The molecule has 2 aromatic heterocycles. The highest BCUT2D eigenvalue weighted by Crippen LogP contribution is 2.28. The van der Waals surface area contributed by atoms with Gasteiger partial charge < -0.3 is 15.1 Å². The topological polar surface area (TPSA) is 86.0 Å². The van der Waals surface area contributed by atoms with Crippen LogP contribution in [0.2, 0.25) is 0 Å². The predicted octanol–water partition coefficient (Wildman–Crippen LogP) is 1.12. The molecule has 3 aromatic rings. The van der Waals surface area contributed by atoms with Crippen LogP contribution in [-0.2, 0) is 0 Å². The lowest BCUT2D eigenvalue weighted by Gasteiger charge is -2.13. The number of benzene rings is 1. The Morgan fingerprint density at radius 1 is 1.33 bits per heavy atom. The number of hydrogen-bond donors (Lipinski definition) is 1. The van der Waals surface area contributed by atoms with Crippen molar-refractivity contribution in [1.29, 1.82) is 0 Å². The van der Waals surface area contributed by atoms with Crippen LogP contribution < -0.4 is 10.6 Å². The molecule has 7 heteroatoms. The number of anilines is 1. The fourth-order valence-corrected chi connectivity index (χ4v) is 2.80. The number of hydrogen-bond acceptors (Lipinski definition) is 6. The zero-order valence-corrected chi connectivity index (χ0v) is 11.7. The van der Waals surface area contributed by atoms with Gasteiger partial charge in [0.2, 0.25) is 0 Å². The summed E-state index contributed by atoms with van der Waals surface area (Å²) in [5.74, 6) is 0. The lowest BCUT2D eigenvalue weighted by Crippen LogP contribution is -2.31. The van der Waals surface area contributed by atoms with E-state index in [9.17, 15) is 0 Å². The van der Waals surface area contributed by atoms with Crippen molar-refractivity contribution in [3.8, 4) is 0 Å². The molecular formula is C14H16N6O. The van der Waals surface area contributed by atoms with Crippen molar-refractivity contribution >= 4 is 17.1 Å². The molecule has 2 N–H and O–H groups in total. The van der Waals surface area contributed by atoms with E-state index in [1.165, 1.54) is 5.56 Å². The molecule has 1 saturated heterocycles. The maximum absolute atomic E-state index is 6.22. The SMILES string of the molecule is Cc1ccc2oc(N3C[C@@H](N)[C@@H](n4ccnn4)C3)nc2c1. The summed E-state index contributed by atoms with van der Waals surface area (Å²) in [6.45, 7) is 3.45. The van der Waals surface area contributed by atoms with E-state index >= 15 is 0 Å². The Balaban J connectivity index is 1.64. The van der Waals surface area contributed by atoms with Crippen LogP contribution in [0.5, 0.6) is 0 Å². The molecule has 3 heterocycles. The molecule has 1 aromatic carbocycles. The second-order valence-corrected chi connectivity index (χ2v) is 5.49. The molecule has 0 spiro atoms. The van der Waals surface area contributed by atoms with Crippen molar-refractivity contribution in [2.45, 2.75) is 19.0 Å². The summed E-state index contributed by atoms with van der Waals surface area (Å²) < 4.78 is 7.64. The smallest absolute Gasteiger partial charge is 0.298 e. The van der Waals surface area contributed by atoms with Crippen LogP contribution in [0.25, 0.3) is 11.1 Å². The first-order chi connectivity index (χ1) is 10.2. The monoisotopic (exact) mass is 284 g/mol. The lowest BCUT2D eigenvalue weighted by atomic mass is 10.2. The third-order valence-corrected chi connectivity index (χ3v) is 3.92. The van der Waals surface area contributed by atoms with Gasteiger partial charge in [0.15, 0.2) is 5.58 Å². The first-order valence-corrected chi connectivity index (χ1v) is 6.94. The van der Waals surface area contributed by atoms with Gasteiger partial charge in [0, 0.05) is 25.3 Å². The van der Waals surface area contributed by atoms with E-state index < -0.39 is 0 Å². The van der Waals surface area contributed by atoms with Gasteiger partial charge in [-0.15, -0.1) is 5.10 Å². The lowest BCUT2D eigenvalue weighted by molar-refractivity contribution is 0.436. The van der Waals surface area contributed by atoms with Crippen molar-refractivity contribution in [2.75, 3.05) is 18.0 Å². The van der Waals surface area contributed by atoms with E-state index in [4.69, 9.17) is 10.2 Å². The number of nitrogens with two attached hydrogens (primary N) is 1. The number of oxazole rings is 1. The fourth-order valence-electron chi connectivity index (χ4n) is 2.80. The van der Waals surface area contributed by atoms with Gasteiger partial charge in [-0.1, -0.05) is 11.3 Å². The summed E-state index contributed by atoms with van der Waals surface area (Å²) >= 11 is 0. The molecule has 2 atom stereocenters. The molecule has 4 rings (SSSR count). The molecule has 0 aliphatic carbocycles. The summed E-state index contributed by atoms with van der Waals surface area (Å²) in [7, 11) is 0. The van der Waals surface area contributed by atoms with E-state index in [1.54, 1.807) is 10.9 Å². The van der Waals surface area contributed by atoms with Crippen LogP contribution in [0.1, 0.15) is 11.6 Å². The second-order valence-electron chi connectivity index (χ2n) is 5.49. The van der Waals surface area contributed by atoms with Crippen LogP contribution in [0.4, 0.5) is 6.01 Å². The quantitative estimate of drug-likeness (QED) is 0.759. The third kappa shape index (κ3) is 2.06. The molecule has 0 bridgehead atoms. The minimum Gasteiger partial charge on any atom is -0.423 e. The van der Waals surface area contributed by atoms with Crippen molar-refractivity contribution in [2.24, 2.45) is 5.73 Å². The molecule has 1 aliphatic rings. The molecule has 7 nitrogen and oxygen atoms in total. The average Bonchev–Trinajstić information content (AvgIpc) is 3.15. The Hall–Kier alpha value is -2.41. The normalized spacial score (nSPS) is 22.3. The molecule has 0 saturated carbocycles. The highest BCUT2D eigenvalue weighted by Gasteiger charge is 2.34. The van der Waals surface area contributed by atoms with Gasteiger partial charge in [0.25, 0.3) is 6.01 Å². The van der Waals surface area contributed by atoms with E-state index in [0.29, 0.717) is 12.6 Å². The fraction of sp³-hybridized carbons (Fsp3) is 0.357. The Labute approximate surface area is 121 Å². The molecule has 0 radical (unpaired) electrons. The summed E-state index contributed by atoms with van der Waals surface area (Å²) in [6, 6.07) is 6.67. The van der Waals surface area contributed by atoms with Gasteiger partial charge in [0.1, 0.15) is 5.52 Å². The van der Waals surface area contributed by atoms with Crippen molar-refractivity contribution in [3.05, 3.63) is 36.2 Å². The highest BCUT2D eigenvalue weighted by atomic mass is 16.4. The number of nitrogens with zero attached hydrogens (tertiary/aromatic N) is 5. The van der Waals surface area contributed by atoms with Crippen molar-refractivity contribution in [1.82, 2.24) is 20.0 Å². The van der Waals surface area contributed by atoms with E-state index in [2.05, 4.69) is 20.2 Å². The number of aromatic nitrogens is 4. The Morgan fingerprint density at radius 3 is 3.05 bits per heavy atom. The number of fused-ring (bicyclic) bond motifs is 1. The minimum atomic E-state index is -0.0246. The summed E-state index contributed by atoms with van der Waals surface area (Å²) in [4.78, 5) is 6.63. The second kappa shape index (κ2) is 4.56. The predicted molar refractivity (Wildman–Crippen MR) is 78.0 cm³/mol. The largest absolute Gasteiger partial charge is 0.423 e. The third-order valence-electron chi connectivity index (χ3n) is 3.92. The maximum atomic E-state index is 6.22. The van der Waals surface area contributed by atoms with Gasteiger partial charge >= 0.3 is 0 Å². The Bertz CT molecular complexity index is 765. The molecule has 1 fully saturated rings. The zero-order chi connectivity index (χ0) is 14.4. The van der Waals surface area contributed by atoms with Crippen LogP contribution in [0.15, 0.2) is 35.0 Å².